The summed E-state index contributed by atoms with van der Waals surface area (Å²) < 4.78 is 4.87. The van der Waals surface area contributed by atoms with Crippen molar-refractivity contribution in [3.05, 3.63) is 58.3 Å². The van der Waals surface area contributed by atoms with Gasteiger partial charge in [0, 0.05) is 16.9 Å². The molecular weight excluding hydrogens is 315 g/mol. The number of esters is 1. The van der Waals surface area contributed by atoms with Gasteiger partial charge in [-0.3, -0.25) is 4.79 Å². The van der Waals surface area contributed by atoms with E-state index in [-0.39, 0.29) is 10.7 Å². The van der Waals surface area contributed by atoms with E-state index in [0.29, 0.717) is 10.7 Å². The van der Waals surface area contributed by atoms with E-state index in [9.17, 15) is 9.59 Å². The maximum atomic E-state index is 11.7. The van der Waals surface area contributed by atoms with Crippen LogP contribution in [0.1, 0.15) is 10.4 Å². The molecule has 7 heteroatoms. The van der Waals surface area contributed by atoms with Crippen LogP contribution in [0.15, 0.2) is 42.6 Å². The molecule has 21 heavy (non-hydrogen) atoms. The molecule has 0 atom stereocenters. The van der Waals surface area contributed by atoms with E-state index in [2.05, 4.69) is 10.3 Å². The summed E-state index contributed by atoms with van der Waals surface area (Å²) in [6.45, 7) is -0.399. The molecule has 0 saturated carbocycles. The van der Waals surface area contributed by atoms with Gasteiger partial charge in [0.15, 0.2) is 6.61 Å². The number of aromatic nitrogens is 1. The summed E-state index contributed by atoms with van der Waals surface area (Å²) in [7, 11) is 0. The molecule has 108 valence electrons. The van der Waals surface area contributed by atoms with Gasteiger partial charge in [-0.15, -0.1) is 0 Å². The molecule has 1 aromatic heterocycles. The second-order valence-electron chi connectivity index (χ2n) is 4.00. The van der Waals surface area contributed by atoms with Crippen molar-refractivity contribution < 1.29 is 14.3 Å². The highest BCUT2D eigenvalue weighted by molar-refractivity contribution is 6.30. The van der Waals surface area contributed by atoms with Gasteiger partial charge in [-0.25, -0.2) is 9.78 Å². The van der Waals surface area contributed by atoms with Crippen LogP contribution < -0.4 is 5.32 Å². The van der Waals surface area contributed by atoms with Gasteiger partial charge < -0.3 is 10.1 Å². The first-order chi connectivity index (χ1) is 10.0. The van der Waals surface area contributed by atoms with Crippen LogP contribution in [0.5, 0.6) is 0 Å². The first kappa shape index (κ1) is 15.3. The summed E-state index contributed by atoms with van der Waals surface area (Å²) in [5.74, 6) is -1.10. The Kier molecular flexibility index (Phi) is 5.14. The zero-order valence-corrected chi connectivity index (χ0v) is 12.2. The lowest BCUT2D eigenvalue weighted by atomic mass is 10.3. The van der Waals surface area contributed by atoms with Gasteiger partial charge in [0.2, 0.25) is 0 Å². The van der Waals surface area contributed by atoms with E-state index in [1.165, 1.54) is 18.3 Å². The predicted octanol–water partition coefficient (Wildman–Crippen LogP) is 3.18. The van der Waals surface area contributed by atoms with Crippen molar-refractivity contribution in [1.29, 1.82) is 0 Å². The van der Waals surface area contributed by atoms with Gasteiger partial charge in [-0.1, -0.05) is 23.2 Å². The number of hydrogen-bond acceptors (Lipinski definition) is 4. The first-order valence-electron chi connectivity index (χ1n) is 5.89. The van der Waals surface area contributed by atoms with E-state index in [1.807, 2.05) is 0 Å². The number of carbonyl (C=O) groups excluding carboxylic acids is 2. The third-order valence-electron chi connectivity index (χ3n) is 2.43. The Morgan fingerprint density at radius 1 is 1.10 bits per heavy atom. The van der Waals surface area contributed by atoms with Crippen LogP contribution in [0.2, 0.25) is 10.2 Å². The molecule has 1 N–H and O–H groups in total. The van der Waals surface area contributed by atoms with Gasteiger partial charge >= 0.3 is 5.97 Å². The number of halogens is 2. The molecule has 2 rings (SSSR count). The quantitative estimate of drug-likeness (QED) is 0.692. The molecule has 0 spiro atoms. The number of rotatable bonds is 4. The normalized spacial score (nSPS) is 10.0. The van der Waals surface area contributed by atoms with Crippen LogP contribution in [0.25, 0.3) is 0 Å². The molecule has 1 heterocycles. The molecule has 0 fully saturated rings. The highest BCUT2D eigenvalue weighted by atomic mass is 35.5. The standard InChI is InChI=1S/C14H10Cl2N2O3/c15-10-2-4-11(5-3-10)18-13(19)8-21-14(20)9-1-6-12(16)17-7-9/h1-7H,8H2,(H,18,19). The minimum Gasteiger partial charge on any atom is -0.452 e. The number of nitrogens with one attached hydrogen (secondary N) is 1. The van der Waals surface area contributed by atoms with Crippen LogP contribution in [-0.4, -0.2) is 23.5 Å². The Balaban J connectivity index is 1.84. The van der Waals surface area contributed by atoms with Gasteiger partial charge in [-0.05, 0) is 36.4 Å². The largest absolute Gasteiger partial charge is 0.452 e. The van der Waals surface area contributed by atoms with Crippen molar-refractivity contribution in [3.63, 3.8) is 0 Å². The van der Waals surface area contributed by atoms with Gasteiger partial charge in [-0.2, -0.15) is 0 Å². The van der Waals surface area contributed by atoms with Crippen LogP contribution in [0.3, 0.4) is 0 Å². The second-order valence-corrected chi connectivity index (χ2v) is 4.82. The lowest BCUT2D eigenvalue weighted by molar-refractivity contribution is -0.119. The SMILES string of the molecule is O=C(COC(=O)c1ccc(Cl)nc1)Nc1ccc(Cl)cc1. The van der Waals surface area contributed by atoms with Crippen LogP contribution in [0, 0.1) is 0 Å². The van der Waals surface area contributed by atoms with E-state index in [4.69, 9.17) is 27.9 Å². The highest BCUT2D eigenvalue weighted by Gasteiger charge is 2.10. The Labute approximate surface area is 130 Å². The zero-order valence-electron chi connectivity index (χ0n) is 10.7. The summed E-state index contributed by atoms with van der Waals surface area (Å²) in [4.78, 5) is 27.0. The number of nitrogens with zero attached hydrogens (tertiary/aromatic N) is 1. The minimum atomic E-state index is -0.648. The number of hydrogen-bond donors (Lipinski definition) is 1. The summed E-state index contributed by atoms with van der Waals surface area (Å²) in [6.07, 6.45) is 1.28. The molecule has 0 saturated heterocycles. The number of anilines is 1. The molecule has 2 aromatic rings. The molecule has 0 aliphatic rings. The molecule has 0 aliphatic heterocycles. The van der Waals surface area contributed by atoms with E-state index in [1.54, 1.807) is 24.3 Å². The molecule has 0 radical (unpaired) electrons. The molecular formula is C14H10Cl2N2O3. The minimum absolute atomic E-state index is 0.221. The van der Waals surface area contributed by atoms with Gasteiger partial charge in [0.25, 0.3) is 5.91 Å². The highest BCUT2D eigenvalue weighted by Crippen LogP contribution is 2.13. The molecule has 5 nitrogen and oxygen atoms in total. The summed E-state index contributed by atoms with van der Waals surface area (Å²) in [6, 6.07) is 9.50. The van der Waals surface area contributed by atoms with Crippen molar-refractivity contribution in [2.24, 2.45) is 0 Å². The number of benzene rings is 1. The second kappa shape index (κ2) is 7.06. The third-order valence-corrected chi connectivity index (χ3v) is 2.90. The predicted molar refractivity (Wildman–Crippen MR) is 79.6 cm³/mol. The smallest absolute Gasteiger partial charge is 0.340 e. The van der Waals surface area contributed by atoms with Crippen molar-refractivity contribution in [3.8, 4) is 0 Å². The maximum Gasteiger partial charge on any atom is 0.340 e. The maximum absolute atomic E-state index is 11.7. The number of pyridine rings is 1. The van der Waals surface area contributed by atoms with Crippen molar-refractivity contribution in [1.82, 2.24) is 4.98 Å². The molecule has 1 amide bonds. The lowest BCUT2D eigenvalue weighted by Gasteiger charge is -2.06. The first-order valence-corrected chi connectivity index (χ1v) is 6.64. The molecule has 0 bridgehead atoms. The van der Waals surface area contributed by atoms with E-state index >= 15 is 0 Å². The number of ether oxygens (including phenoxy) is 1. The van der Waals surface area contributed by atoms with Crippen LogP contribution in [-0.2, 0) is 9.53 Å². The molecule has 0 aliphatic carbocycles. The zero-order chi connectivity index (χ0) is 15.2. The topological polar surface area (TPSA) is 68.3 Å². The summed E-state index contributed by atoms with van der Waals surface area (Å²) in [5, 5.41) is 3.41. The van der Waals surface area contributed by atoms with Crippen LogP contribution in [0.4, 0.5) is 5.69 Å². The van der Waals surface area contributed by atoms with Gasteiger partial charge in [0.05, 0.1) is 5.56 Å². The van der Waals surface area contributed by atoms with Crippen molar-refractivity contribution in [2.75, 3.05) is 11.9 Å². The Morgan fingerprint density at radius 3 is 2.43 bits per heavy atom. The fourth-order valence-electron chi connectivity index (χ4n) is 1.44. The van der Waals surface area contributed by atoms with E-state index < -0.39 is 18.5 Å². The fraction of sp³-hybridized carbons (Fsp3) is 0.0714. The Morgan fingerprint density at radius 2 is 1.81 bits per heavy atom. The monoisotopic (exact) mass is 324 g/mol. The fourth-order valence-corrected chi connectivity index (χ4v) is 1.68. The Bertz CT molecular complexity index is 642. The summed E-state index contributed by atoms with van der Waals surface area (Å²) in [5.41, 5.74) is 0.785. The third kappa shape index (κ3) is 4.73. The van der Waals surface area contributed by atoms with Gasteiger partial charge in [0.1, 0.15) is 5.15 Å². The molecule has 1 aromatic carbocycles. The Hall–Kier alpha value is -2.11. The number of amides is 1. The average molecular weight is 325 g/mol. The van der Waals surface area contributed by atoms with Crippen molar-refractivity contribution >= 4 is 40.8 Å². The van der Waals surface area contributed by atoms with E-state index in [0.717, 1.165) is 0 Å². The summed E-state index contributed by atoms with van der Waals surface area (Å²) >= 11 is 11.3. The molecule has 0 unspecified atom stereocenters. The average Bonchev–Trinajstić information content (AvgIpc) is 2.48. The van der Waals surface area contributed by atoms with Crippen LogP contribution >= 0.6 is 23.2 Å². The lowest BCUT2D eigenvalue weighted by Crippen LogP contribution is -2.20. The van der Waals surface area contributed by atoms with Crippen molar-refractivity contribution in [2.45, 2.75) is 0 Å². The number of carbonyl (C=O) groups is 2.